The summed E-state index contributed by atoms with van der Waals surface area (Å²) < 4.78 is 0. The van der Waals surface area contributed by atoms with Crippen molar-refractivity contribution in [2.24, 2.45) is 11.8 Å². The van der Waals surface area contributed by atoms with E-state index in [-0.39, 0.29) is 11.8 Å². The topological polar surface area (TPSA) is 53.5 Å². The number of nitrogens with zero attached hydrogens (tertiary/aromatic N) is 3. The molecule has 2 aromatic carbocycles. The van der Waals surface area contributed by atoms with Crippen LogP contribution in [0.3, 0.4) is 0 Å². The molecular formula is C32H35N3O2. The van der Waals surface area contributed by atoms with Gasteiger partial charge in [-0.1, -0.05) is 55.5 Å². The van der Waals surface area contributed by atoms with E-state index >= 15 is 0 Å². The van der Waals surface area contributed by atoms with Crippen LogP contribution in [0.2, 0.25) is 0 Å². The molecule has 0 bridgehead atoms. The smallest absolute Gasteiger partial charge is 0.254 e. The zero-order chi connectivity index (χ0) is 25.4. The van der Waals surface area contributed by atoms with Crippen molar-refractivity contribution in [3.63, 3.8) is 0 Å². The van der Waals surface area contributed by atoms with Gasteiger partial charge in [-0.05, 0) is 73.3 Å². The van der Waals surface area contributed by atoms with E-state index in [0.717, 1.165) is 78.5 Å². The molecule has 0 spiro atoms. The second-order valence-corrected chi connectivity index (χ2v) is 11.0. The molecule has 2 saturated heterocycles. The number of piperidine rings is 2. The van der Waals surface area contributed by atoms with Gasteiger partial charge in [0, 0.05) is 37.5 Å². The van der Waals surface area contributed by atoms with Crippen LogP contribution in [0, 0.1) is 11.8 Å². The lowest BCUT2D eigenvalue weighted by atomic mass is 9.92. The molecule has 1 aromatic heterocycles. The number of allylic oxidation sites excluding steroid dienone is 1. The van der Waals surface area contributed by atoms with E-state index in [1.54, 1.807) is 0 Å². The zero-order valence-electron chi connectivity index (χ0n) is 21.7. The number of fused-ring (bicyclic) bond motifs is 2. The average Bonchev–Trinajstić information content (AvgIpc) is 3.33. The van der Waals surface area contributed by atoms with E-state index in [4.69, 9.17) is 4.98 Å². The number of carbonyl (C=O) groups excluding carboxylic acids is 2. The minimum Gasteiger partial charge on any atom is -0.342 e. The summed E-state index contributed by atoms with van der Waals surface area (Å²) in [7, 11) is 0. The molecule has 1 unspecified atom stereocenters. The molecule has 37 heavy (non-hydrogen) atoms. The van der Waals surface area contributed by atoms with Crippen LogP contribution in [-0.2, 0) is 11.2 Å². The summed E-state index contributed by atoms with van der Waals surface area (Å²) in [6, 6.07) is 18.4. The molecule has 5 nitrogen and oxygen atoms in total. The van der Waals surface area contributed by atoms with Crippen molar-refractivity contribution in [2.75, 3.05) is 26.2 Å². The number of likely N-dealkylation sites (tertiary alicyclic amines) is 2. The summed E-state index contributed by atoms with van der Waals surface area (Å²) in [5.41, 5.74) is 6.08. The molecule has 0 radical (unpaired) electrons. The molecule has 5 heteroatoms. The Morgan fingerprint density at radius 2 is 1.65 bits per heavy atom. The molecule has 1 aliphatic carbocycles. The molecule has 3 aromatic rings. The lowest BCUT2D eigenvalue weighted by Gasteiger charge is -2.37. The van der Waals surface area contributed by atoms with Gasteiger partial charge in [0.15, 0.2) is 0 Å². The molecule has 2 aliphatic heterocycles. The number of carbonyl (C=O) groups is 2. The van der Waals surface area contributed by atoms with E-state index < -0.39 is 0 Å². The van der Waals surface area contributed by atoms with Crippen LogP contribution in [-0.4, -0.2) is 52.8 Å². The van der Waals surface area contributed by atoms with Crippen molar-refractivity contribution in [2.45, 2.75) is 45.4 Å². The molecule has 2 amide bonds. The molecule has 3 heterocycles. The van der Waals surface area contributed by atoms with Gasteiger partial charge in [-0.3, -0.25) is 9.59 Å². The average molecular weight is 494 g/mol. The maximum Gasteiger partial charge on any atom is 0.254 e. The number of hydrogen-bond acceptors (Lipinski definition) is 3. The van der Waals surface area contributed by atoms with Gasteiger partial charge in [0.25, 0.3) is 5.91 Å². The normalized spacial score (nSPS) is 21.4. The van der Waals surface area contributed by atoms with Crippen molar-refractivity contribution in [1.82, 2.24) is 14.8 Å². The van der Waals surface area contributed by atoms with Crippen LogP contribution in [0.25, 0.3) is 22.6 Å². The Labute approximate surface area is 219 Å². The first kappa shape index (κ1) is 23.9. The summed E-state index contributed by atoms with van der Waals surface area (Å²) >= 11 is 0. The van der Waals surface area contributed by atoms with Crippen LogP contribution in [0.15, 0.2) is 54.6 Å². The number of hydrogen-bond donors (Lipinski definition) is 0. The number of pyridine rings is 1. The minimum atomic E-state index is 0.0367. The first-order chi connectivity index (χ1) is 18.1. The third-order valence-electron chi connectivity index (χ3n) is 8.40. The summed E-state index contributed by atoms with van der Waals surface area (Å²) in [6.07, 6.45) is 7.74. The number of aromatic nitrogens is 1. The Hall–Kier alpha value is -3.47. The fraction of sp³-hybridized carbons (Fsp3) is 0.406. The van der Waals surface area contributed by atoms with Gasteiger partial charge < -0.3 is 9.80 Å². The summed E-state index contributed by atoms with van der Waals surface area (Å²) in [4.78, 5) is 36.3. The standard InChI is InChI=1S/C32H35N3O2/c1-22-8-7-17-35(21-22)31(36)24-15-18-34(19-16-24)32(37)29-26-11-5-6-12-28(26)33-30-25(13-14-27(29)30)20-23-9-3-2-4-10-23/h2-6,9-12,20,22,24H,7-8,13-19,21H2,1H3/b25-20+. The molecule has 2 fully saturated rings. The summed E-state index contributed by atoms with van der Waals surface area (Å²) in [5.74, 6) is 1.01. The quantitative estimate of drug-likeness (QED) is 0.461. The highest BCUT2D eigenvalue weighted by Gasteiger charge is 2.34. The Morgan fingerprint density at radius 3 is 2.43 bits per heavy atom. The van der Waals surface area contributed by atoms with E-state index in [0.29, 0.717) is 24.9 Å². The fourth-order valence-corrected chi connectivity index (χ4v) is 6.41. The van der Waals surface area contributed by atoms with Crippen LogP contribution in [0.4, 0.5) is 0 Å². The molecule has 0 saturated carbocycles. The molecule has 0 N–H and O–H groups in total. The Balaban J connectivity index is 1.26. The van der Waals surface area contributed by atoms with Crippen LogP contribution in [0.1, 0.15) is 66.2 Å². The molecule has 190 valence electrons. The largest absolute Gasteiger partial charge is 0.342 e. The number of amides is 2. The monoisotopic (exact) mass is 493 g/mol. The maximum atomic E-state index is 14.0. The van der Waals surface area contributed by atoms with Gasteiger partial charge in [-0.2, -0.15) is 0 Å². The van der Waals surface area contributed by atoms with Crippen LogP contribution < -0.4 is 0 Å². The Kier molecular flexibility index (Phi) is 6.54. The molecule has 6 rings (SSSR count). The third-order valence-corrected chi connectivity index (χ3v) is 8.40. The van der Waals surface area contributed by atoms with Gasteiger partial charge in [0.1, 0.15) is 0 Å². The van der Waals surface area contributed by atoms with Crippen molar-refractivity contribution < 1.29 is 9.59 Å². The second-order valence-electron chi connectivity index (χ2n) is 11.0. The van der Waals surface area contributed by atoms with Crippen LogP contribution in [0.5, 0.6) is 0 Å². The van der Waals surface area contributed by atoms with Crippen molar-refractivity contribution in [3.8, 4) is 0 Å². The zero-order valence-corrected chi connectivity index (χ0v) is 21.7. The Bertz CT molecular complexity index is 1360. The molecule has 3 aliphatic rings. The number of para-hydroxylation sites is 1. The van der Waals surface area contributed by atoms with E-state index in [2.05, 4.69) is 30.0 Å². The summed E-state index contributed by atoms with van der Waals surface area (Å²) in [6.45, 7) is 5.27. The van der Waals surface area contributed by atoms with Gasteiger partial charge >= 0.3 is 0 Å². The number of rotatable bonds is 3. The van der Waals surface area contributed by atoms with E-state index in [1.165, 1.54) is 12.0 Å². The highest BCUT2D eigenvalue weighted by atomic mass is 16.2. The van der Waals surface area contributed by atoms with Crippen molar-refractivity contribution in [3.05, 3.63) is 77.0 Å². The molecular weight excluding hydrogens is 458 g/mol. The maximum absolute atomic E-state index is 14.0. The van der Waals surface area contributed by atoms with Gasteiger partial charge in [0.2, 0.25) is 5.91 Å². The molecule has 1 atom stereocenters. The van der Waals surface area contributed by atoms with Gasteiger partial charge in [0.05, 0.1) is 16.8 Å². The number of benzene rings is 2. The van der Waals surface area contributed by atoms with Crippen LogP contribution >= 0.6 is 0 Å². The fourth-order valence-electron chi connectivity index (χ4n) is 6.41. The predicted octanol–water partition coefficient (Wildman–Crippen LogP) is 5.83. The second kappa shape index (κ2) is 10.1. The summed E-state index contributed by atoms with van der Waals surface area (Å²) in [5, 5.41) is 0.938. The highest BCUT2D eigenvalue weighted by molar-refractivity contribution is 6.09. The lowest BCUT2D eigenvalue weighted by Crippen LogP contribution is -2.47. The highest BCUT2D eigenvalue weighted by Crippen LogP contribution is 2.38. The predicted molar refractivity (Wildman–Crippen MR) is 148 cm³/mol. The van der Waals surface area contributed by atoms with E-state index in [9.17, 15) is 9.59 Å². The first-order valence-electron chi connectivity index (χ1n) is 13.8. The minimum absolute atomic E-state index is 0.0367. The lowest BCUT2D eigenvalue weighted by molar-refractivity contribution is -0.138. The van der Waals surface area contributed by atoms with Gasteiger partial charge in [-0.15, -0.1) is 0 Å². The van der Waals surface area contributed by atoms with Gasteiger partial charge in [-0.25, -0.2) is 4.98 Å². The SMILES string of the molecule is CC1CCCN(C(=O)C2CCN(C(=O)c3c4c(nc5ccccc35)/C(=C/c3ccccc3)CC4)CC2)C1. The van der Waals surface area contributed by atoms with Crippen molar-refractivity contribution in [1.29, 1.82) is 0 Å². The third kappa shape index (κ3) is 4.68. The Morgan fingerprint density at radius 1 is 0.892 bits per heavy atom. The first-order valence-corrected chi connectivity index (χ1v) is 13.8. The van der Waals surface area contributed by atoms with Crippen molar-refractivity contribution >= 4 is 34.4 Å². The van der Waals surface area contributed by atoms with E-state index in [1.807, 2.05) is 47.4 Å².